The summed E-state index contributed by atoms with van der Waals surface area (Å²) in [6, 6.07) is 6.07. The fourth-order valence-corrected chi connectivity index (χ4v) is 5.14. The Morgan fingerprint density at radius 3 is 2.92 bits per heavy atom. The lowest BCUT2D eigenvalue weighted by Gasteiger charge is -2.48. The van der Waals surface area contributed by atoms with Crippen LogP contribution >= 0.6 is 0 Å². The normalized spacial score (nSPS) is 36.9. The van der Waals surface area contributed by atoms with Crippen molar-refractivity contribution in [1.29, 1.82) is 0 Å². The van der Waals surface area contributed by atoms with E-state index in [2.05, 4.69) is 20.9 Å². The fourth-order valence-electron chi connectivity index (χ4n) is 5.14. The van der Waals surface area contributed by atoms with Crippen LogP contribution in [-0.4, -0.2) is 72.3 Å². The third-order valence-electron chi connectivity index (χ3n) is 6.53. The SMILES string of the molecule is O=C(C1[C@H]2COC[C@@H]12)N1CCOC2(CCCN(Cc3ccccn3)C2)C1. The van der Waals surface area contributed by atoms with Gasteiger partial charge in [-0.2, -0.15) is 0 Å². The number of ether oxygens (including phenoxy) is 2. The van der Waals surface area contributed by atoms with Crippen molar-refractivity contribution in [1.82, 2.24) is 14.8 Å². The van der Waals surface area contributed by atoms with Crippen molar-refractivity contribution in [3.63, 3.8) is 0 Å². The van der Waals surface area contributed by atoms with Gasteiger partial charge < -0.3 is 14.4 Å². The Bertz CT molecular complexity index is 656. The summed E-state index contributed by atoms with van der Waals surface area (Å²) in [5.74, 6) is 1.52. The Morgan fingerprint density at radius 2 is 2.12 bits per heavy atom. The summed E-state index contributed by atoms with van der Waals surface area (Å²) in [6.45, 7) is 6.47. The van der Waals surface area contributed by atoms with Gasteiger partial charge in [0.25, 0.3) is 0 Å². The molecule has 4 heterocycles. The van der Waals surface area contributed by atoms with Crippen LogP contribution in [0.4, 0.5) is 0 Å². The summed E-state index contributed by atoms with van der Waals surface area (Å²) < 4.78 is 11.7. The van der Waals surface area contributed by atoms with Gasteiger partial charge in [-0.15, -0.1) is 0 Å². The molecule has 0 N–H and O–H groups in total. The van der Waals surface area contributed by atoms with Crippen LogP contribution in [0.3, 0.4) is 0 Å². The van der Waals surface area contributed by atoms with Gasteiger partial charge in [-0.05, 0) is 43.4 Å². The van der Waals surface area contributed by atoms with Gasteiger partial charge in [0.2, 0.25) is 5.91 Å². The number of carbonyl (C=O) groups is 1. The lowest BCUT2D eigenvalue weighted by molar-refractivity contribution is -0.163. The molecule has 6 nitrogen and oxygen atoms in total. The summed E-state index contributed by atoms with van der Waals surface area (Å²) in [5, 5.41) is 0. The summed E-state index contributed by atoms with van der Waals surface area (Å²) in [4.78, 5) is 21.9. The van der Waals surface area contributed by atoms with Gasteiger partial charge in [-0.25, -0.2) is 0 Å². The average molecular weight is 357 g/mol. The fraction of sp³-hybridized carbons (Fsp3) is 0.700. The van der Waals surface area contributed by atoms with Crippen molar-refractivity contribution in [2.45, 2.75) is 25.0 Å². The predicted molar refractivity (Wildman–Crippen MR) is 95.3 cm³/mol. The second kappa shape index (κ2) is 6.59. The molecule has 6 heteroatoms. The van der Waals surface area contributed by atoms with Crippen molar-refractivity contribution in [2.24, 2.45) is 17.8 Å². The van der Waals surface area contributed by atoms with E-state index in [1.54, 1.807) is 0 Å². The van der Waals surface area contributed by atoms with Gasteiger partial charge in [0, 0.05) is 31.7 Å². The maximum atomic E-state index is 13.0. The third kappa shape index (κ3) is 3.04. The van der Waals surface area contributed by atoms with Gasteiger partial charge in [0.15, 0.2) is 0 Å². The maximum Gasteiger partial charge on any atom is 0.226 e. The van der Waals surface area contributed by atoms with E-state index in [0.29, 0.717) is 24.3 Å². The first kappa shape index (κ1) is 16.7. The molecule has 4 fully saturated rings. The molecule has 4 atom stereocenters. The van der Waals surface area contributed by atoms with Crippen LogP contribution in [0.1, 0.15) is 18.5 Å². The zero-order valence-corrected chi connectivity index (χ0v) is 15.2. The van der Waals surface area contributed by atoms with Gasteiger partial charge in [0.1, 0.15) is 0 Å². The number of likely N-dealkylation sites (tertiary alicyclic amines) is 1. The number of amides is 1. The highest BCUT2D eigenvalue weighted by atomic mass is 16.5. The highest BCUT2D eigenvalue weighted by molar-refractivity contribution is 5.82. The van der Waals surface area contributed by atoms with Gasteiger partial charge in [-0.3, -0.25) is 14.7 Å². The predicted octanol–water partition coefficient (Wildman–Crippen LogP) is 1.17. The number of morpholine rings is 1. The van der Waals surface area contributed by atoms with Crippen LogP contribution in [-0.2, 0) is 20.8 Å². The molecule has 4 aliphatic rings. The average Bonchev–Trinajstić information content (AvgIpc) is 3.13. The summed E-state index contributed by atoms with van der Waals surface area (Å²) >= 11 is 0. The van der Waals surface area contributed by atoms with E-state index in [9.17, 15) is 4.79 Å². The Balaban J connectivity index is 1.24. The highest BCUT2D eigenvalue weighted by Gasteiger charge is 2.59. The molecule has 2 unspecified atom stereocenters. The third-order valence-corrected chi connectivity index (χ3v) is 6.53. The van der Waals surface area contributed by atoms with Gasteiger partial charge in [-0.1, -0.05) is 6.07 Å². The van der Waals surface area contributed by atoms with Crippen molar-refractivity contribution in [3.05, 3.63) is 30.1 Å². The molecule has 0 aromatic carbocycles. The molecule has 3 aliphatic heterocycles. The summed E-state index contributed by atoms with van der Waals surface area (Å²) in [6.07, 6.45) is 4.00. The van der Waals surface area contributed by atoms with Crippen molar-refractivity contribution < 1.29 is 14.3 Å². The molecule has 0 bridgehead atoms. The molecule has 26 heavy (non-hydrogen) atoms. The first-order valence-electron chi connectivity index (χ1n) is 9.87. The van der Waals surface area contributed by atoms with Crippen LogP contribution in [0.5, 0.6) is 0 Å². The molecule has 1 aromatic rings. The smallest absolute Gasteiger partial charge is 0.226 e. The molecule has 3 saturated heterocycles. The Kier molecular flexibility index (Phi) is 4.22. The number of carbonyl (C=O) groups excluding carboxylic acids is 1. The van der Waals surface area contributed by atoms with E-state index < -0.39 is 0 Å². The summed E-state index contributed by atoms with van der Waals surface area (Å²) in [5.41, 5.74) is 0.889. The van der Waals surface area contributed by atoms with Crippen molar-refractivity contribution in [2.75, 3.05) is 46.0 Å². The van der Waals surface area contributed by atoms with Crippen LogP contribution < -0.4 is 0 Å². The zero-order chi connectivity index (χ0) is 17.6. The highest BCUT2D eigenvalue weighted by Crippen LogP contribution is 2.51. The second-order valence-corrected chi connectivity index (χ2v) is 8.32. The monoisotopic (exact) mass is 357 g/mol. The molecule has 1 saturated carbocycles. The van der Waals surface area contributed by atoms with E-state index in [4.69, 9.17) is 9.47 Å². The van der Waals surface area contributed by atoms with E-state index in [1.807, 2.05) is 18.3 Å². The topological polar surface area (TPSA) is 54.9 Å². The van der Waals surface area contributed by atoms with E-state index >= 15 is 0 Å². The lowest BCUT2D eigenvalue weighted by atomic mass is 9.90. The maximum absolute atomic E-state index is 13.0. The van der Waals surface area contributed by atoms with E-state index in [0.717, 1.165) is 64.5 Å². The lowest BCUT2D eigenvalue weighted by Crippen LogP contribution is -2.60. The molecular weight excluding hydrogens is 330 g/mol. The van der Waals surface area contributed by atoms with E-state index in [-0.39, 0.29) is 11.5 Å². The Morgan fingerprint density at radius 1 is 1.23 bits per heavy atom. The number of hydrogen-bond donors (Lipinski definition) is 0. The van der Waals surface area contributed by atoms with Crippen molar-refractivity contribution in [3.8, 4) is 0 Å². The number of rotatable bonds is 3. The van der Waals surface area contributed by atoms with Crippen LogP contribution in [0.25, 0.3) is 0 Å². The first-order chi connectivity index (χ1) is 12.7. The molecule has 0 radical (unpaired) electrons. The van der Waals surface area contributed by atoms with Crippen LogP contribution in [0.2, 0.25) is 0 Å². The molecule has 140 valence electrons. The number of aromatic nitrogens is 1. The molecule has 1 aromatic heterocycles. The number of fused-ring (bicyclic) bond motifs is 1. The Hall–Kier alpha value is -1.50. The molecule has 1 aliphatic carbocycles. The molecule has 1 spiro atoms. The largest absolute Gasteiger partial charge is 0.381 e. The first-order valence-corrected chi connectivity index (χ1v) is 9.87. The quantitative estimate of drug-likeness (QED) is 0.813. The minimum Gasteiger partial charge on any atom is -0.381 e. The number of hydrogen-bond acceptors (Lipinski definition) is 5. The number of nitrogens with zero attached hydrogens (tertiary/aromatic N) is 3. The zero-order valence-electron chi connectivity index (χ0n) is 15.2. The molecule has 1 amide bonds. The second-order valence-electron chi connectivity index (χ2n) is 8.32. The van der Waals surface area contributed by atoms with Crippen LogP contribution in [0.15, 0.2) is 24.4 Å². The standard InChI is InChI=1S/C20H27N3O3/c24-19(18-16-11-25-12-17(16)18)23-8-9-26-20(14-23)5-3-7-22(13-20)10-15-4-1-2-6-21-15/h1-2,4,6,16-18H,3,5,7-14H2/t16-,17+,18?,20?. The van der Waals surface area contributed by atoms with Gasteiger partial charge >= 0.3 is 0 Å². The van der Waals surface area contributed by atoms with Crippen molar-refractivity contribution >= 4 is 5.91 Å². The van der Waals surface area contributed by atoms with E-state index in [1.165, 1.54) is 0 Å². The molecular formula is C20H27N3O3. The minimum absolute atomic E-state index is 0.207. The number of pyridine rings is 1. The summed E-state index contributed by atoms with van der Waals surface area (Å²) in [7, 11) is 0. The number of piperidine rings is 1. The Labute approximate surface area is 154 Å². The van der Waals surface area contributed by atoms with Crippen LogP contribution in [0, 0.1) is 17.8 Å². The minimum atomic E-state index is -0.207. The van der Waals surface area contributed by atoms with Gasteiger partial charge in [0.05, 0.1) is 37.7 Å². The molecule has 5 rings (SSSR count).